The van der Waals surface area contributed by atoms with Gasteiger partial charge in [-0.05, 0) is 25.3 Å². The maximum Gasteiger partial charge on any atom is 0.264 e. The number of hydrogen-bond donors (Lipinski definition) is 0. The first-order chi connectivity index (χ1) is 8.46. The molecule has 100 valence electrons. The number of aryl methyl sites for hydroxylation is 1. The molecule has 1 aromatic carbocycles. The molecule has 0 spiro atoms. The van der Waals surface area contributed by atoms with Crippen molar-refractivity contribution in [2.24, 2.45) is 0 Å². The van der Waals surface area contributed by atoms with E-state index in [1.54, 1.807) is 0 Å². The van der Waals surface area contributed by atoms with Crippen LogP contribution < -0.4 is 0 Å². The van der Waals surface area contributed by atoms with Crippen LogP contribution in [-0.4, -0.2) is 20.8 Å². The largest absolute Gasteiger partial charge is 0.266 e. The minimum absolute atomic E-state index is 0.199. The van der Waals surface area contributed by atoms with Crippen LogP contribution in [0, 0.1) is 6.92 Å². The van der Waals surface area contributed by atoms with Crippen molar-refractivity contribution in [3.05, 3.63) is 35.4 Å². The minimum Gasteiger partial charge on any atom is -0.266 e. The Kier molecular flexibility index (Phi) is 4.07. The third kappa shape index (κ3) is 3.56. The molecule has 2 rings (SSSR count). The summed E-state index contributed by atoms with van der Waals surface area (Å²) in [7, 11) is -3.37. The van der Waals surface area contributed by atoms with Gasteiger partial charge in [-0.3, -0.25) is 4.18 Å². The highest BCUT2D eigenvalue weighted by Gasteiger charge is 2.29. The Bertz CT molecular complexity index is 508. The molecule has 0 aliphatic heterocycles. The van der Waals surface area contributed by atoms with E-state index in [9.17, 15) is 8.42 Å². The van der Waals surface area contributed by atoms with E-state index in [-0.39, 0.29) is 12.0 Å². The third-order valence-electron chi connectivity index (χ3n) is 3.47. The summed E-state index contributed by atoms with van der Waals surface area (Å²) in [5, 5.41) is 0. The summed E-state index contributed by atoms with van der Waals surface area (Å²) < 4.78 is 27.9. The van der Waals surface area contributed by atoms with Crippen LogP contribution in [-0.2, 0) is 14.3 Å². The van der Waals surface area contributed by atoms with Crippen molar-refractivity contribution in [1.82, 2.24) is 0 Å². The van der Waals surface area contributed by atoms with Crippen LogP contribution in [0.5, 0.6) is 0 Å². The van der Waals surface area contributed by atoms with E-state index >= 15 is 0 Å². The lowest BCUT2D eigenvalue weighted by Gasteiger charge is -2.31. The van der Waals surface area contributed by atoms with Gasteiger partial charge >= 0.3 is 0 Å². The van der Waals surface area contributed by atoms with Crippen molar-refractivity contribution in [3.8, 4) is 0 Å². The van der Waals surface area contributed by atoms with Gasteiger partial charge in [0.15, 0.2) is 0 Å². The molecule has 0 bridgehead atoms. The smallest absolute Gasteiger partial charge is 0.264 e. The van der Waals surface area contributed by atoms with Gasteiger partial charge in [0, 0.05) is 5.92 Å². The summed E-state index contributed by atoms with van der Waals surface area (Å²) in [6.07, 6.45) is 4.95. The number of benzene rings is 1. The number of hydrogen-bond acceptors (Lipinski definition) is 3. The van der Waals surface area contributed by atoms with Gasteiger partial charge in [0.1, 0.15) is 0 Å². The van der Waals surface area contributed by atoms with E-state index in [4.69, 9.17) is 4.18 Å². The van der Waals surface area contributed by atoms with E-state index in [2.05, 4.69) is 25.1 Å². The maximum absolute atomic E-state index is 11.3. The molecule has 1 saturated carbocycles. The first-order valence-corrected chi connectivity index (χ1v) is 8.22. The van der Waals surface area contributed by atoms with Crippen LogP contribution in [0.3, 0.4) is 0 Å². The predicted molar refractivity (Wildman–Crippen MR) is 72.1 cm³/mol. The van der Waals surface area contributed by atoms with Crippen molar-refractivity contribution in [2.45, 2.75) is 44.6 Å². The van der Waals surface area contributed by atoms with Gasteiger partial charge in [0.25, 0.3) is 10.1 Å². The van der Waals surface area contributed by atoms with Gasteiger partial charge in [-0.1, -0.05) is 42.7 Å². The highest BCUT2D eigenvalue weighted by atomic mass is 32.2. The second-order valence-electron chi connectivity index (χ2n) is 5.14. The maximum atomic E-state index is 11.3. The Balaban J connectivity index is 2.22. The molecule has 2 atom stereocenters. The van der Waals surface area contributed by atoms with Crippen LogP contribution in [0.4, 0.5) is 0 Å². The van der Waals surface area contributed by atoms with E-state index in [1.807, 2.05) is 6.07 Å². The lowest BCUT2D eigenvalue weighted by atomic mass is 9.81. The van der Waals surface area contributed by atoms with Crippen LogP contribution in [0.2, 0.25) is 0 Å². The van der Waals surface area contributed by atoms with Crippen LogP contribution in [0.1, 0.15) is 42.7 Å². The molecule has 1 aliphatic carbocycles. The lowest BCUT2D eigenvalue weighted by molar-refractivity contribution is 0.138. The van der Waals surface area contributed by atoms with E-state index < -0.39 is 10.1 Å². The van der Waals surface area contributed by atoms with E-state index in [0.717, 1.165) is 31.9 Å². The Labute approximate surface area is 109 Å². The topological polar surface area (TPSA) is 43.4 Å². The van der Waals surface area contributed by atoms with Crippen molar-refractivity contribution < 1.29 is 12.6 Å². The molecule has 18 heavy (non-hydrogen) atoms. The van der Waals surface area contributed by atoms with Crippen LogP contribution in [0.25, 0.3) is 0 Å². The molecular formula is C14H20O3S. The van der Waals surface area contributed by atoms with Gasteiger partial charge in [-0.2, -0.15) is 8.42 Å². The average molecular weight is 268 g/mol. The molecule has 0 aromatic heterocycles. The van der Waals surface area contributed by atoms with E-state index in [1.165, 1.54) is 11.1 Å². The molecule has 4 heteroatoms. The second-order valence-corrected chi connectivity index (χ2v) is 6.74. The zero-order valence-electron chi connectivity index (χ0n) is 10.9. The summed E-state index contributed by atoms with van der Waals surface area (Å²) >= 11 is 0. The highest BCUT2D eigenvalue weighted by Crippen LogP contribution is 2.35. The van der Waals surface area contributed by atoms with E-state index in [0.29, 0.717) is 0 Å². The summed E-state index contributed by atoms with van der Waals surface area (Å²) in [5.41, 5.74) is 2.40. The van der Waals surface area contributed by atoms with Gasteiger partial charge in [0.2, 0.25) is 0 Å². The SMILES string of the molecule is Cc1cccc([C@@H]2CCCC[C@@H]2OS(C)(=O)=O)c1. The molecule has 3 nitrogen and oxygen atoms in total. The van der Waals surface area contributed by atoms with Crippen LogP contribution >= 0.6 is 0 Å². The molecular weight excluding hydrogens is 248 g/mol. The first-order valence-electron chi connectivity index (χ1n) is 6.40. The zero-order chi connectivity index (χ0) is 13.2. The monoisotopic (exact) mass is 268 g/mol. The predicted octanol–water partition coefficient (Wildman–Crippen LogP) is 3.00. The Morgan fingerprint density at radius 3 is 2.61 bits per heavy atom. The summed E-state index contributed by atoms with van der Waals surface area (Å²) in [4.78, 5) is 0. The lowest BCUT2D eigenvalue weighted by Crippen LogP contribution is -2.28. The fourth-order valence-corrected chi connectivity index (χ4v) is 3.40. The van der Waals surface area contributed by atoms with Crippen molar-refractivity contribution >= 4 is 10.1 Å². The van der Waals surface area contributed by atoms with Crippen molar-refractivity contribution in [3.63, 3.8) is 0 Å². The summed E-state index contributed by atoms with van der Waals surface area (Å²) in [6.45, 7) is 2.05. The van der Waals surface area contributed by atoms with Crippen molar-refractivity contribution in [2.75, 3.05) is 6.26 Å². The number of rotatable bonds is 3. The first kappa shape index (κ1) is 13.6. The second kappa shape index (κ2) is 5.41. The molecule has 1 aromatic rings. The Hall–Kier alpha value is -0.870. The Morgan fingerprint density at radius 1 is 1.22 bits per heavy atom. The van der Waals surface area contributed by atoms with Gasteiger partial charge in [0.05, 0.1) is 12.4 Å². The average Bonchev–Trinajstić information content (AvgIpc) is 2.27. The molecule has 0 heterocycles. The zero-order valence-corrected chi connectivity index (χ0v) is 11.7. The molecule has 1 aliphatic rings. The normalized spacial score (nSPS) is 25.0. The molecule has 0 radical (unpaired) electrons. The van der Waals surface area contributed by atoms with Crippen LogP contribution in [0.15, 0.2) is 24.3 Å². The quantitative estimate of drug-likeness (QED) is 0.791. The standard InChI is InChI=1S/C14H20O3S/c1-11-6-5-7-12(10-11)13-8-3-4-9-14(13)17-18(2,15)16/h5-7,10,13-14H,3-4,8-9H2,1-2H3/t13-,14-/m0/s1. The fourth-order valence-electron chi connectivity index (χ4n) is 2.72. The molecule has 0 N–H and O–H groups in total. The van der Waals surface area contributed by atoms with Gasteiger partial charge in [-0.25, -0.2) is 0 Å². The van der Waals surface area contributed by atoms with Crippen molar-refractivity contribution in [1.29, 1.82) is 0 Å². The Morgan fingerprint density at radius 2 is 1.94 bits per heavy atom. The molecule has 0 amide bonds. The molecule has 1 fully saturated rings. The highest BCUT2D eigenvalue weighted by molar-refractivity contribution is 7.86. The summed E-state index contributed by atoms with van der Waals surface area (Å²) in [5.74, 6) is 0.202. The molecule has 0 unspecified atom stereocenters. The molecule has 0 saturated heterocycles. The third-order valence-corrected chi connectivity index (χ3v) is 4.07. The minimum atomic E-state index is -3.37. The summed E-state index contributed by atoms with van der Waals surface area (Å²) in [6, 6.07) is 8.28. The fraction of sp³-hybridized carbons (Fsp3) is 0.571. The van der Waals surface area contributed by atoms with Gasteiger partial charge < -0.3 is 0 Å². The van der Waals surface area contributed by atoms with Gasteiger partial charge in [-0.15, -0.1) is 0 Å².